The first kappa shape index (κ1) is 13.9. The van der Waals surface area contributed by atoms with Gasteiger partial charge in [0.25, 0.3) is 0 Å². The van der Waals surface area contributed by atoms with Gasteiger partial charge in [-0.1, -0.05) is 0 Å². The molecular weight excluding hydrogens is 267 g/mol. The van der Waals surface area contributed by atoms with E-state index in [-0.39, 0.29) is 6.42 Å². The van der Waals surface area contributed by atoms with Crippen molar-refractivity contribution in [3.63, 3.8) is 0 Å². The van der Waals surface area contributed by atoms with E-state index >= 15 is 0 Å². The lowest BCUT2D eigenvalue weighted by Crippen LogP contribution is -2.50. The van der Waals surface area contributed by atoms with Crippen molar-refractivity contribution >= 4 is 0 Å². The van der Waals surface area contributed by atoms with Crippen LogP contribution in [-0.2, 0) is 6.42 Å². The quantitative estimate of drug-likeness (QED) is 0.844. The zero-order valence-corrected chi connectivity index (χ0v) is 11.4. The van der Waals surface area contributed by atoms with Gasteiger partial charge < -0.3 is 10.0 Å². The summed E-state index contributed by atoms with van der Waals surface area (Å²) in [5.41, 5.74) is -0.637. The number of piperidine rings is 1. The molecule has 2 unspecified atom stereocenters. The molecule has 2 saturated heterocycles. The molecule has 2 atom stereocenters. The number of nitrogens with zero attached hydrogens (tertiary/aromatic N) is 1. The zero-order chi connectivity index (χ0) is 14.5. The molecule has 0 saturated carbocycles. The van der Waals surface area contributed by atoms with Crippen LogP contribution in [0, 0.1) is 17.5 Å². The summed E-state index contributed by atoms with van der Waals surface area (Å²) < 4.78 is 39.4. The van der Waals surface area contributed by atoms with Gasteiger partial charge in [0.15, 0.2) is 17.5 Å². The minimum absolute atomic E-state index is 0.169. The van der Waals surface area contributed by atoms with Crippen LogP contribution >= 0.6 is 0 Å². The number of halogens is 3. The average Bonchev–Trinajstić information content (AvgIpc) is 2.60. The molecule has 1 N–H and O–H groups in total. The highest BCUT2D eigenvalue weighted by Crippen LogP contribution is 2.41. The zero-order valence-electron chi connectivity index (χ0n) is 11.4. The van der Waals surface area contributed by atoms with E-state index in [1.54, 1.807) is 0 Å². The number of fused-ring (bicyclic) bond motifs is 2. The largest absolute Gasteiger partial charge is 0.389 e. The van der Waals surface area contributed by atoms with Gasteiger partial charge in [-0.2, -0.15) is 0 Å². The summed E-state index contributed by atoms with van der Waals surface area (Å²) in [4.78, 5) is 2.28. The Morgan fingerprint density at radius 1 is 1.15 bits per heavy atom. The Morgan fingerprint density at radius 3 is 2.15 bits per heavy atom. The Morgan fingerprint density at radius 2 is 1.65 bits per heavy atom. The lowest BCUT2D eigenvalue weighted by atomic mass is 9.81. The molecular formula is C15H18F3NO. The maximum absolute atomic E-state index is 13.2. The van der Waals surface area contributed by atoms with Crippen LogP contribution in [0.5, 0.6) is 0 Å². The Balaban J connectivity index is 1.81. The molecule has 110 valence electrons. The number of hydrogen-bond donors (Lipinski definition) is 1. The summed E-state index contributed by atoms with van der Waals surface area (Å²) in [5, 5.41) is 10.7. The third kappa shape index (κ3) is 2.33. The third-order valence-corrected chi connectivity index (χ3v) is 4.79. The average molecular weight is 285 g/mol. The van der Waals surface area contributed by atoms with Crippen molar-refractivity contribution in [2.75, 3.05) is 7.05 Å². The lowest BCUT2D eigenvalue weighted by Gasteiger charge is -2.42. The van der Waals surface area contributed by atoms with Crippen molar-refractivity contribution in [1.82, 2.24) is 4.90 Å². The number of benzene rings is 1. The molecule has 1 aromatic carbocycles. The van der Waals surface area contributed by atoms with Crippen molar-refractivity contribution in [2.24, 2.45) is 0 Å². The molecule has 2 bridgehead atoms. The van der Waals surface area contributed by atoms with Crippen LogP contribution in [0.25, 0.3) is 0 Å². The van der Waals surface area contributed by atoms with E-state index in [9.17, 15) is 18.3 Å². The number of rotatable bonds is 2. The van der Waals surface area contributed by atoms with Crippen molar-refractivity contribution in [3.05, 3.63) is 35.1 Å². The van der Waals surface area contributed by atoms with Gasteiger partial charge in [-0.05, 0) is 50.4 Å². The Bertz CT molecular complexity index is 497. The van der Waals surface area contributed by atoms with Gasteiger partial charge >= 0.3 is 0 Å². The molecule has 0 aliphatic carbocycles. The minimum Gasteiger partial charge on any atom is -0.389 e. The smallest absolute Gasteiger partial charge is 0.194 e. The number of hydrogen-bond acceptors (Lipinski definition) is 2. The van der Waals surface area contributed by atoms with E-state index in [0.29, 0.717) is 30.5 Å². The highest BCUT2D eigenvalue weighted by atomic mass is 19.2. The fourth-order valence-corrected chi connectivity index (χ4v) is 3.78. The molecule has 2 aliphatic rings. The topological polar surface area (TPSA) is 23.5 Å². The molecule has 5 heteroatoms. The fourth-order valence-electron chi connectivity index (χ4n) is 3.78. The third-order valence-electron chi connectivity index (χ3n) is 4.79. The van der Waals surface area contributed by atoms with Gasteiger partial charge in [-0.25, -0.2) is 13.2 Å². The van der Waals surface area contributed by atoms with E-state index in [1.807, 2.05) is 0 Å². The number of aliphatic hydroxyl groups is 1. The molecule has 0 aromatic heterocycles. The summed E-state index contributed by atoms with van der Waals surface area (Å²) in [7, 11) is 2.05. The standard InChI is InChI=1S/C15H18F3NO/c1-19-10-2-3-11(19)8-15(20,7-10)6-9-4-12(16)14(18)13(17)5-9/h4-5,10-11,20H,2-3,6-8H2,1H3. The second-order valence-electron chi connectivity index (χ2n) is 6.23. The molecule has 2 nitrogen and oxygen atoms in total. The highest BCUT2D eigenvalue weighted by molar-refractivity contribution is 5.22. The molecule has 2 fully saturated rings. The highest BCUT2D eigenvalue weighted by Gasteiger charge is 2.45. The maximum Gasteiger partial charge on any atom is 0.194 e. The summed E-state index contributed by atoms with van der Waals surface area (Å²) in [6.45, 7) is 0. The Kier molecular flexibility index (Phi) is 3.29. The molecule has 20 heavy (non-hydrogen) atoms. The summed E-state index contributed by atoms with van der Waals surface area (Å²) in [6, 6.07) is 2.62. The van der Waals surface area contributed by atoms with Crippen molar-refractivity contribution in [3.8, 4) is 0 Å². The minimum atomic E-state index is -1.45. The second kappa shape index (κ2) is 4.74. The van der Waals surface area contributed by atoms with Gasteiger partial charge in [-0.3, -0.25) is 0 Å². The van der Waals surface area contributed by atoms with E-state index in [1.165, 1.54) is 0 Å². The summed E-state index contributed by atoms with van der Waals surface area (Å²) >= 11 is 0. The SMILES string of the molecule is CN1C2CCC1CC(O)(Cc1cc(F)c(F)c(F)c1)C2. The first-order valence-corrected chi connectivity index (χ1v) is 6.96. The van der Waals surface area contributed by atoms with Crippen LogP contribution in [0.4, 0.5) is 13.2 Å². The first-order valence-electron chi connectivity index (χ1n) is 6.96. The maximum atomic E-state index is 13.2. The molecule has 0 radical (unpaired) electrons. The van der Waals surface area contributed by atoms with Crippen LogP contribution in [0.3, 0.4) is 0 Å². The van der Waals surface area contributed by atoms with Crippen molar-refractivity contribution < 1.29 is 18.3 Å². The van der Waals surface area contributed by atoms with Gasteiger partial charge in [0.05, 0.1) is 5.60 Å². The lowest BCUT2D eigenvalue weighted by molar-refractivity contribution is -0.0438. The van der Waals surface area contributed by atoms with Gasteiger partial charge in [-0.15, -0.1) is 0 Å². The van der Waals surface area contributed by atoms with E-state index < -0.39 is 23.1 Å². The van der Waals surface area contributed by atoms with Gasteiger partial charge in [0.1, 0.15) is 0 Å². The van der Waals surface area contributed by atoms with Crippen LogP contribution in [0.1, 0.15) is 31.2 Å². The molecule has 2 aliphatic heterocycles. The van der Waals surface area contributed by atoms with Crippen LogP contribution in [-0.4, -0.2) is 34.7 Å². The first-order chi connectivity index (χ1) is 9.38. The summed E-state index contributed by atoms with van der Waals surface area (Å²) in [5.74, 6) is -3.84. The van der Waals surface area contributed by atoms with Crippen LogP contribution in [0.2, 0.25) is 0 Å². The van der Waals surface area contributed by atoms with Gasteiger partial charge in [0.2, 0.25) is 0 Å². The van der Waals surface area contributed by atoms with Crippen molar-refractivity contribution in [1.29, 1.82) is 0 Å². The molecule has 1 aromatic rings. The van der Waals surface area contributed by atoms with E-state index in [2.05, 4.69) is 11.9 Å². The molecule has 0 spiro atoms. The normalized spacial score (nSPS) is 33.6. The summed E-state index contributed by atoms with van der Waals surface area (Å²) in [6.07, 6.45) is 3.47. The second-order valence-corrected chi connectivity index (χ2v) is 6.23. The van der Waals surface area contributed by atoms with Crippen molar-refractivity contribution in [2.45, 2.75) is 49.8 Å². The van der Waals surface area contributed by atoms with E-state index in [4.69, 9.17) is 0 Å². The predicted molar refractivity (Wildman–Crippen MR) is 68.8 cm³/mol. The molecule has 3 rings (SSSR count). The predicted octanol–water partition coefficient (Wildman–Crippen LogP) is 2.63. The molecule has 0 amide bonds. The monoisotopic (exact) mass is 285 g/mol. The van der Waals surface area contributed by atoms with Crippen LogP contribution in [0.15, 0.2) is 12.1 Å². The Labute approximate surface area is 116 Å². The fraction of sp³-hybridized carbons (Fsp3) is 0.600. The van der Waals surface area contributed by atoms with Crippen LogP contribution < -0.4 is 0 Å². The van der Waals surface area contributed by atoms with Gasteiger partial charge in [0, 0.05) is 18.5 Å². The molecule has 2 heterocycles. The Hall–Kier alpha value is -1.07. The van der Waals surface area contributed by atoms with E-state index in [0.717, 1.165) is 25.0 Å².